The van der Waals surface area contributed by atoms with Gasteiger partial charge in [-0.25, -0.2) is 0 Å². The van der Waals surface area contributed by atoms with E-state index in [9.17, 15) is 9.59 Å². The van der Waals surface area contributed by atoms with Crippen molar-refractivity contribution in [2.24, 2.45) is 0 Å². The number of anilines is 1. The first kappa shape index (κ1) is 19.0. The molecule has 0 aliphatic carbocycles. The van der Waals surface area contributed by atoms with Gasteiger partial charge in [0.25, 0.3) is 0 Å². The molecule has 0 radical (unpaired) electrons. The van der Waals surface area contributed by atoms with E-state index < -0.39 is 6.04 Å². The van der Waals surface area contributed by atoms with E-state index in [1.54, 1.807) is 43.1 Å². The molecule has 2 N–H and O–H groups in total. The molecule has 5 nitrogen and oxygen atoms in total. The average Bonchev–Trinajstić information content (AvgIpc) is 2.61. The fraction of sp³-hybridized carbons (Fsp3) is 0.263. The SMILES string of the molecule is C[C@@H](C(=O)NCc1ccccc1)N(C)CC(=O)Nc1ccccc1Cl. The van der Waals surface area contributed by atoms with Crippen LogP contribution in [-0.4, -0.2) is 36.3 Å². The van der Waals surface area contributed by atoms with E-state index in [1.807, 2.05) is 30.3 Å². The van der Waals surface area contributed by atoms with Crippen LogP contribution in [0.2, 0.25) is 5.02 Å². The normalized spacial score (nSPS) is 11.8. The number of para-hydroxylation sites is 1. The largest absolute Gasteiger partial charge is 0.351 e. The third-order valence-corrected chi connectivity index (χ3v) is 4.22. The molecule has 0 saturated carbocycles. The predicted molar refractivity (Wildman–Crippen MR) is 100 cm³/mol. The number of hydrogen-bond acceptors (Lipinski definition) is 3. The van der Waals surface area contributed by atoms with Crippen LogP contribution >= 0.6 is 11.6 Å². The van der Waals surface area contributed by atoms with Crippen LogP contribution in [0.15, 0.2) is 54.6 Å². The zero-order valence-corrected chi connectivity index (χ0v) is 15.1. The summed E-state index contributed by atoms with van der Waals surface area (Å²) in [4.78, 5) is 26.1. The second-order valence-electron chi connectivity index (χ2n) is 5.82. The molecule has 0 aromatic heterocycles. The molecule has 0 spiro atoms. The van der Waals surface area contributed by atoms with Gasteiger partial charge in [-0.3, -0.25) is 14.5 Å². The lowest BCUT2D eigenvalue weighted by Crippen LogP contribution is -2.45. The molecule has 2 amide bonds. The highest BCUT2D eigenvalue weighted by Gasteiger charge is 2.20. The molecule has 0 bridgehead atoms. The summed E-state index contributed by atoms with van der Waals surface area (Å²) in [6.45, 7) is 2.32. The van der Waals surface area contributed by atoms with Crippen molar-refractivity contribution in [3.05, 3.63) is 65.2 Å². The molecule has 6 heteroatoms. The van der Waals surface area contributed by atoms with Crippen LogP contribution in [0.3, 0.4) is 0 Å². The van der Waals surface area contributed by atoms with Crippen LogP contribution in [0.1, 0.15) is 12.5 Å². The van der Waals surface area contributed by atoms with Gasteiger partial charge < -0.3 is 10.6 Å². The first-order valence-electron chi connectivity index (χ1n) is 8.03. The van der Waals surface area contributed by atoms with Gasteiger partial charge >= 0.3 is 0 Å². The number of halogens is 1. The fourth-order valence-electron chi connectivity index (χ4n) is 2.25. The third-order valence-electron chi connectivity index (χ3n) is 3.89. The molecule has 0 aliphatic rings. The summed E-state index contributed by atoms with van der Waals surface area (Å²) in [6.07, 6.45) is 0. The minimum absolute atomic E-state index is 0.0884. The molecule has 0 saturated heterocycles. The number of likely N-dealkylation sites (N-methyl/N-ethyl adjacent to an activating group) is 1. The molecule has 2 aromatic rings. The molecule has 2 aromatic carbocycles. The number of hydrogen-bond donors (Lipinski definition) is 2. The van der Waals surface area contributed by atoms with Gasteiger partial charge in [-0.15, -0.1) is 0 Å². The summed E-state index contributed by atoms with van der Waals surface area (Å²) in [5.41, 5.74) is 1.59. The zero-order valence-electron chi connectivity index (χ0n) is 14.3. The van der Waals surface area contributed by atoms with E-state index in [4.69, 9.17) is 11.6 Å². The van der Waals surface area contributed by atoms with Gasteiger partial charge in [-0.2, -0.15) is 0 Å². The van der Waals surface area contributed by atoms with Crippen LogP contribution < -0.4 is 10.6 Å². The molecular formula is C19H22ClN3O2. The maximum absolute atomic E-state index is 12.2. The lowest BCUT2D eigenvalue weighted by molar-refractivity contribution is -0.126. The molecular weight excluding hydrogens is 338 g/mol. The molecule has 0 heterocycles. The number of amides is 2. The number of benzene rings is 2. The molecule has 132 valence electrons. The Morgan fingerprint density at radius 2 is 1.72 bits per heavy atom. The highest BCUT2D eigenvalue weighted by atomic mass is 35.5. The second kappa shape index (κ2) is 9.20. The van der Waals surface area contributed by atoms with Crippen molar-refractivity contribution < 1.29 is 9.59 Å². The molecule has 0 unspecified atom stereocenters. The Hall–Kier alpha value is -2.37. The van der Waals surface area contributed by atoms with Gasteiger partial charge in [0.05, 0.1) is 23.3 Å². The van der Waals surface area contributed by atoms with Gasteiger partial charge in [-0.1, -0.05) is 54.1 Å². The van der Waals surface area contributed by atoms with Crippen LogP contribution in [0, 0.1) is 0 Å². The lowest BCUT2D eigenvalue weighted by atomic mass is 10.2. The monoisotopic (exact) mass is 359 g/mol. The van der Waals surface area contributed by atoms with Crippen molar-refractivity contribution in [2.45, 2.75) is 19.5 Å². The Kier molecular flexibility index (Phi) is 6.98. The summed E-state index contributed by atoms with van der Waals surface area (Å²) in [7, 11) is 1.74. The van der Waals surface area contributed by atoms with Crippen LogP contribution in [-0.2, 0) is 16.1 Å². The zero-order chi connectivity index (χ0) is 18.2. The third kappa shape index (κ3) is 5.89. The minimum atomic E-state index is -0.430. The fourth-order valence-corrected chi connectivity index (χ4v) is 2.43. The number of carbonyl (C=O) groups is 2. The molecule has 2 rings (SSSR count). The van der Waals surface area contributed by atoms with Crippen molar-refractivity contribution in [1.29, 1.82) is 0 Å². The van der Waals surface area contributed by atoms with E-state index in [1.165, 1.54) is 0 Å². The quantitative estimate of drug-likeness (QED) is 0.799. The number of nitrogens with one attached hydrogen (secondary N) is 2. The number of nitrogens with zero attached hydrogens (tertiary/aromatic N) is 1. The van der Waals surface area contributed by atoms with Gasteiger partial charge in [-0.05, 0) is 31.7 Å². The molecule has 1 atom stereocenters. The molecule has 0 aliphatic heterocycles. The smallest absolute Gasteiger partial charge is 0.238 e. The van der Waals surface area contributed by atoms with Gasteiger partial charge in [0.15, 0.2) is 0 Å². The lowest BCUT2D eigenvalue weighted by Gasteiger charge is -2.23. The summed E-state index contributed by atoms with van der Waals surface area (Å²) < 4.78 is 0. The Morgan fingerprint density at radius 1 is 1.08 bits per heavy atom. The average molecular weight is 360 g/mol. The summed E-state index contributed by atoms with van der Waals surface area (Å²) in [6, 6.07) is 16.3. The van der Waals surface area contributed by atoms with Gasteiger partial charge in [0.2, 0.25) is 11.8 Å². The number of rotatable bonds is 7. The van der Waals surface area contributed by atoms with Crippen molar-refractivity contribution in [2.75, 3.05) is 18.9 Å². The minimum Gasteiger partial charge on any atom is -0.351 e. The Bertz CT molecular complexity index is 722. The second-order valence-corrected chi connectivity index (χ2v) is 6.23. The van der Waals surface area contributed by atoms with Crippen molar-refractivity contribution in [3.63, 3.8) is 0 Å². The topological polar surface area (TPSA) is 61.4 Å². The maximum Gasteiger partial charge on any atom is 0.238 e. The van der Waals surface area contributed by atoms with E-state index in [-0.39, 0.29) is 18.4 Å². The van der Waals surface area contributed by atoms with Crippen LogP contribution in [0.25, 0.3) is 0 Å². The molecule has 25 heavy (non-hydrogen) atoms. The Labute approximate surface area is 153 Å². The van der Waals surface area contributed by atoms with E-state index in [2.05, 4.69) is 10.6 Å². The molecule has 0 fully saturated rings. The standard InChI is InChI=1S/C19H22ClN3O2/c1-14(19(25)21-12-15-8-4-3-5-9-15)23(2)13-18(24)22-17-11-7-6-10-16(17)20/h3-11,14H,12-13H2,1-2H3,(H,21,25)(H,22,24)/t14-/m0/s1. The Morgan fingerprint density at radius 3 is 2.40 bits per heavy atom. The maximum atomic E-state index is 12.2. The van der Waals surface area contributed by atoms with E-state index >= 15 is 0 Å². The van der Waals surface area contributed by atoms with Gasteiger partial charge in [0.1, 0.15) is 0 Å². The predicted octanol–water partition coefficient (Wildman–Crippen LogP) is 2.92. The number of carbonyl (C=O) groups excluding carboxylic acids is 2. The van der Waals surface area contributed by atoms with Crippen molar-refractivity contribution in [1.82, 2.24) is 10.2 Å². The first-order chi connectivity index (χ1) is 12.0. The Balaban J connectivity index is 1.82. The van der Waals surface area contributed by atoms with E-state index in [0.29, 0.717) is 17.3 Å². The van der Waals surface area contributed by atoms with Crippen molar-refractivity contribution in [3.8, 4) is 0 Å². The first-order valence-corrected chi connectivity index (χ1v) is 8.41. The highest BCUT2D eigenvalue weighted by molar-refractivity contribution is 6.33. The van der Waals surface area contributed by atoms with Crippen molar-refractivity contribution >= 4 is 29.1 Å². The summed E-state index contributed by atoms with van der Waals surface area (Å²) in [5.74, 6) is -0.352. The van der Waals surface area contributed by atoms with E-state index in [0.717, 1.165) is 5.56 Å². The van der Waals surface area contributed by atoms with Gasteiger partial charge in [0, 0.05) is 6.54 Å². The van der Waals surface area contributed by atoms with Crippen LogP contribution in [0.5, 0.6) is 0 Å². The highest BCUT2D eigenvalue weighted by Crippen LogP contribution is 2.20. The summed E-state index contributed by atoms with van der Waals surface area (Å²) >= 11 is 6.02. The van der Waals surface area contributed by atoms with Crippen LogP contribution in [0.4, 0.5) is 5.69 Å². The summed E-state index contributed by atoms with van der Waals surface area (Å²) in [5, 5.41) is 6.11.